The molecular weight excluding hydrogens is 254 g/mol. The summed E-state index contributed by atoms with van der Waals surface area (Å²) in [5.41, 5.74) is 1.36. The maximum Gasteiger partial charge on any atom is 0.226 e. The first-order valence-electron chi connectivity index (χ1n) is 7.24. The summed E-state index contributed by atoms with van der Waals surface area (Å²) in [6, 6.07) is 5.36. The van der Waals surface area contributed by atoms with Gasteiger partial charge in [-0.25, -0.2) is 0 Å². The number of fused-ring (bicyclic) bond motifs is 1. The second-order valence-corrected chi connectivity index (χ2v) is 4.97. The molecule has 1 heterocycles. The molecule has 0 bridgehead atoms. The van der Waals surface area contributed by atoms with Crippen LogP contribution in [0, 0.1) is 0 Å². The van der Waals surface area contributed by atoms with Crippen molar-refractivity contribution in [2.45, 2.75) is 46.1 Å². The molecule has 20 heavy (non-hydrogen) atoms. The zero-order chi connectivity index (χ0) is 14.7. The summed E-state index contributed by atoms with van der Waals surface area (Å²) in [5.74, 6) is 0.834. The third-order valence-corrected chi connectivity index (χ3v) is 3.63. The third kappa shape index (κ3) is 2.69. The molecule has 1 aromatic rings. The normalized spacial score (nSPS) is 17.4. The van der Waals surface area contributed by atoms with E-state index in [1.165, 1.54) is 0 Å². The van der Waals surface area contributed by atoms with Gasteiger partial charge in [0.25, 0.3) is 0 Å². The number of hydrogen-bond donors (Lipinski definition) is 0. The molecule has 2 rings (SSSR count). The molecule has 0 saturated carbocycles. The molecule has 1 unspecified atom stereocenters. The molecule has 4 nitrogen and oxygen atoms in total. The van der Waals surface area contributed by atoms with E-state index in [1.54, 1.807) is 23.1 Å². The number of ether oxygens (including phenoxy) is 1. The Bertz CT molecular complexity index is 524. The lowest BCUT2D eigenvalue weighted by Crippen LogP contribution is -2.43. The minimum absolute atomic E-state index is 0.0192. The zero-order valence-electron chi connectivity index (χ0n) is 12.3. The van der Waals surface area contributed by atoms with Gasteiger partial charge in [0.2, 0.25) is 5.91 Å². The van der Waals surface area contributed by atoms with E-state index in [0.717, 1.165) is 12.1 Å². The highest BCUT2D eigenvalue weighted by Crippen LogP contribution is 2.35. The van der Waals surface area contributed by atoms with Gasteiger partial charge in [0.1, 0.15) is 11.9 Å². The molecule has 1 aromatic carbocycles. The summed E-state index contributed by atoms with van der Waals surface area (Å²) in [5, 5.41) is 0. The minimum atomic E-state index is 0.0192. The van der Waals surface area contributed by atoms with E-state index in [2.05, 4.69) is 0 Å². The monoisotopic (exact) mass is 275 g/mol. The van der Waals surface area contributed by atoms with Crippen molar-refractivity contribution in [3.8, 4) is 5.75 Å². The van der Waals surface area contributed by atoms with Crippen LogP contribution in [0.25, 0.3) is 0 Å². The highest BCUT2D eigenvalue weighted by molar-refractivity contribution is 6.00. The molecular formula is C16H21NO3. The molecule has 0 aliphatic carbocycles. The molecule has 108 valence electrons. The SMILES string of the molecule is CCC(=O)c1ccc2c(c1)N(C(=O)CC)CC(CC)O2. The van der Waals surface area contributed by atoms with Gasteiger partial charge in [0, 0.05) is 18.4 Å². The molecule has 1 amide bonds. The van der Waals surface area contributed by atoms with Crippen LogP contribution in [0.4, 0.5) is 5.69 Å². The molecule has 0 aromatic heterocycles. The van der Waals surface area contributed by atoms with E-state index in [0.29, 0.717) is 30.7 Å². The highest BCUT2D eigenvalue weighted by Gasteiger charge is 2.28. The van der Waals surface area contributed by atoms with Crippen LogP contribution in [0.2, 0.25) is 0 Å². The first kappa shape index (κ1) is 14.6. The third-order valence-electron chi connectivity index (χ3n) is 3.63. The van der Waals surface area contributed by atoms with E-state index in [1.807, 2.05) is 20.8 Å². The standard InChI is InChI=1S/C16H21NO3/c1-4-12-10-17(16(19)6-3)13-9-11(14(18)5-2)7-8-15(13)20-12/h7-9,12H,4-6,10H2,1-3H3. The number of hydrogen-bond acceptors (Lipinski definition) is 3. The minimum Gasteiger partial charge on any atom is -0.486 e. The summed E-state index contributed by atoms with van der Waals surface area (Å²) in [7, 11) is 0. The number of nitrogens with zero attached hydrogens (tertiary/aromatic N) is 1. The van der Waals surface area contributed by atoms with E-state index in [4.69, 9.17) is 4.74 Å². The second-order valence-electron chi connectivity index (χ2n) is 4.97. The van der Waals surface area contributed by atoms with Crippen molar-refractivity contribution in [2.75, 3.05) is 11.4 Å². The molecule has 1 aliphatic rings. The molecule has 1 atom stereocenters. The Balaban J connectivity index is 2.43. The smallest absolute Gasteiger partial charge is 0.226 e. The van der Waals surface area contributed by atoms with Gasteiger partial charge in [0.05, 0.1) is 12.2 Å². The fraction of sp³-hybridized carbons (Fsp3) is 0.500. The Hall–Kier alpha value is -1.84. The van der Waals surface area contributed by atoms with Crippen molar-refractivity contribution < 1.29 is 14.3 Å². The average Bonchev–Trinajstić information content (AvgIpc) is 2.51. The molecule has 0 spiro atoms. The largest absolute Gasteiger partial charge is 0.486 e. The number of rotatable bonds is 4. The maximum absolute atomic E-state index is 12.1. The van der Waals surface area contributed by atoms with Crippen LogP contribution in [0.15, 0.2) is 18.2 Å². The molecule has 1 aliphatic heterocycles. The lowest BCUT2D eigenvalue weighted by molar-refractivity contribution is -0.118. The molecule has 0 fully saturated rings. The van der Waals surface area contributed by atoms with Crippen molar-refractivity contribution in [3.05, 3.63) is 23.8 Å². The lowest BCUT2D eigenvalue weighted by Gasteiger charge is -2.34. The molecule has 0 radical (unpaired) electrons. The van der Waals surface area contributed by atoms with Crippen molar-refractivity contribution in [2.24, 2.45) is 0 Å². The van der Waals surface area contributed by atoms with Crippen molar-refractivity contribution in [1.29, 1.82) is 0 Å². The number of benzene rings is 1. The van der Waals surface area contributed by atoms with Crippen LogP contribution in [-0.2, 0) is 4.79 Å². The highest BCUT2D eigenvalue weighted by atomic mass is 16.5. The first-order valence-corrected chi connectivity index (χ1v) is 7.24. The Morgan fingerprint density at radius 1 is 1.25 bits per heavy atom. The summed E-state index contributed by atoms with van der Waals surface area (Å²) in [6.45, 7) is 6.28. The van der Waals surface area contributed by atoms with Crippen LogP contribution >= 0.6 is 0 Å². The quantitative estimate of drug-likeness (QED) is 0.793. The summed E-state index contributed by atoms with van der Waals surface area (Å²) in [6.07, 6.45) is 1.77. The predicted octanol–water partition coefficient (Wildman–Crippen LogP) is 3.19. The van der Waals surface area contributed by atoms with E-state index in [-0.39, 0.29) is 17.8 Å². The van der Waals surface area contributed by atoms with Gasteiger partial charge in [-0.15, -0.1) is 0 Å². The lowest BCUT2D eigenvalue weighted by atomic mass is 10.0. The van der Waals surface area contributed by atoms with Gasteiger partial charge in [-0.05, 0) is 24.6 Å². The van der Waals surface area contributed by atoms with Crippen LogP contribution in [-0.4, -0.2) is 24.3 Å². The van der Waals surface area contributed by atoms with Crippen molar-refractivity contribution >= 4 is 17.4 Å². The van der Waals surface area contributed by atoms with E-state index < -0.39 is 0 Å². The van der Waals surface area contributed by atoms with Gasteiger partial charge in [0.15, 0.2) is 5.78 Å². The number of amides is 1. The number of Topliss-reactive ketones (excluding diaryl/α,β-unsaturated/α-hetero) is 1. The predicted molar refractivity (Wildman–Crippen MR) is 78.4 cm³/mol. The summed E-state index contributed by atoms with van der Waals surface area (Å²) >= 11 is 0. The summed E-state index contributed by atoms with van der Waals surface area (Å²) in [4.78, 5) is 25.7. The van der Waals surface area contributed by atoms with Crippen LogP contribution < -0.4 is 9.64 Å². The fourth-order valence-corrected chi connectivity index (χ4v) is 2.36. The molecule has 4 heteroatoms. The summed E-state index contributed by atoms with van der Waals surface area (Å²) < 4.78 is 5.87. The number of carbonyl (C=O) groups is 2. The van der Waals surface area contributed by atoms with Gasteiger partial charge in [-0.3, -0.25) is 9.59 Å². The van der Waals surface area contributed by atoms with E-state index in [9.17, 15) is 9.59 Å². The fourth-order valence-electron chi connectivity index (χ4n) is 2.36. The Morgan fingerprint density at radius 3 is 2.60 bits per heavy atom. The Labute approximate surface area is 119 Å². The van der Waals surface area contributed by atoms with Crippen molar-refractivity contribution in [1.82, 2.24) is 0 Å². The first-order chi connectivity index (χ1) is 9.60. The van der Waals surface area contributed by atoms with E-state index >= 15 is 0 Å². The zero-order valence-corrected chi connectivity index (χ0v) is 12.3. The topological polar surface area (TPSA) is 46.6 Å². The van der Waals surface area contributed by atoms with Crippen LogP contribution in [0.5, 0.6) is 5.75 Å². The number of anilines is 1. The maximum atomic E-state index is 12.1. The van der Waals surface area contributed by atoms with Crippen molar-refractivity contribution in [3.63, 3.8) is 0 Å². The van der Waals surface area contributed by atoms with Gasteiger partial charge < -0.3 is 9.64 Å². The van der Waals surface area contributed by atoms with Crippen LogP contribution in [0.1, 0.15) is 50.4 Å². The Kier molecular flexibility index (Phi) is 4.42. The van der Waals surface area contributed by atoms with Gasteiger partial charge in [-0.1, -0.05) is 20.8 Å². The molecule has 0 N–H and O–H groups in total. The van der Waals surface area contributed by atoms with Gasteiger partial charge >= 0.3 is 0 Å². The average molecular weight is 275 g/mol. The molecule has 0 saturated heterocycles. The van der Waals surface area contributed by atoms with Crippen LogP contribution in [0.3, 0.4) is 0 Å². The number of ketones is 1. The van der Waals surface area contributed by atoms with Gasteiger partial charge in [-0.2, -0.15) is 0 Å². The Morgan fingerprint density at radius 2 is 2.00 bits per heavy atom. The second kappa shape index (κ2) is 6.07. The number of carbonyl (C=O) groups excluding carboxylic acids is 2.